The second kappa shape index (κ2) is 6.32. The molecule has 1 aliphatic carbocycles. The zero-order valence-corrected chi connectivity index (χ0v) is 14.0. The molecule has 0 aromatic rings. The van der Waals surface area contributed by atoms with Gasteiger partial charge in [0.1, 0.15) is 0 Å². The summed E-state index contributed by atoms with van der Waals surface area (Å²) in [5.41, 5.74) is 0.281. The van der Waals surface area contributed by atoms with E-state index >= 15 is 0 Å². The second-order valence-corrected chi connectivity index (χ2v) is 9.06. The van der Waals surface area contributed by atoms with E-state index in [2.05, 4.69) is 31.1 Å². The molecule has 0 spiro atoms. The molecule has 1 unspecified atom stereocenters. The molecule has 1 saturated carbocycles. The van der Waals surface area contributed by atoms with E-state index in [1.807, 2.05) is 0 Å². The number of sulfone groups is 1. The van der Waals surface area contributed by atoms with Crippen LogP contribution >= 0.6 is 0 Å². The summed E-state index contributed by atoms with van der Waals surface area (Å²) in [6, 6.07) is 0.961. The number of hydrogen-bond donors (Lipinski definition) is 1. The van der Waals surface area contributed by atoms with Crippen molar-refractivity contribution in [1.29, 1.82) is 0 Å². The van der Waals surface area contributed by atoms with E-state index in [9.17, 15) is 8.42 Å². The Hall–Kier alpha value is -0.130. The summed E-state index contributed by atoms with van der Waals surface area (Å²) in [6.45, 7) is 6.59. The Morgan fingerprint density at radius 3 is 2.30 bits per heavy atom. The first kappa shape index (κ1) is 16.2. The zero-order chi connectivity index (χ0) is 14.8. The first-order valence-electron chi connectivity index (χ1n) is 8.04. The van der Waals surface area contributed by atoms with Crippen molar-refractivity contribution in [3.05, 3.63) is 0 Å². The molecule has 0 aromatic carbocycles. The Kier molecular flexibility index (Phi) is 5.14. The molecule has 1 aliphatic heterocycles. The highest BCUT2D eigenvalue weighted by Gasteiger charge is 2.36. The smallest absolute Gasteiger partial charge is 0.151 e. The van der Waals surface area contributed by atoms with Crippen molar-refractivity contribution in [3.63, 3.8) is 0 Å². The molecule has 2 fully saturated rings. The normalized spacial score (nSPS) is 26.3. The first-order chi connectivity index (χ1) is 9.40. The lowest BCUT2D eigenvalue weighted by Crippen LogP contribution is -2.46. The predicted octanol–water partition coefficient (Wildman–Crippen LogP) is 1.66. The third-order valence-electron chi connectivity index (χ3n) is 5.26. The summed E-state index contributed by atoms with van der Waals surface area (Å²) < 4.78 is 23.3. The minimum atomic E-state index is -2.78. The van der Waals surface area contributed by atoms with Crippen molar-refractivity contribution in [2.75, 3.05) is 31.6 Å². The van der Waals surface area contributed by atoms with Gasteiger partial charge in [-0.3, -0.25) is 0 Å². The molecule has 2 aliphatic rings. The van der Waals surface area contributed by atoms with Crippen molar-refractivity contribution in [1.82, 2.24) is 10.2 Å². The average molecular weight is 302 g/mol. The fourth-order valence-electron chi connectivity index (χ4n) is 3.21. The first-order valence-corrected chi connectivity index (χ1v) is 9.86. The van der Waals surface area contributed by atoms with E-state index in [-0.39, 0.29) is 11.5 Å². The number of nitrogens with zero attached hydrogens (tertiary/aromatic N) is 1. The van der Waals surface area contributed by atoms with E-state index < -0.39 is 9.84 Å². The van der Waals surface area contributed by atoms with Crippen LogP contribution in [-0.2, 0) is 9.84 Å². The molecule has 0 radical (unpaired) electrons. The van der Waals surface area contributed by atoms with Gasteiger partial charge in [-0.15, -0.1) is 0 Å². The third kappa shape index (κ3) is 4.18. The number of rotatable bonds is 8. The SMILES string of the molecule is CCC(CC)(CNC1CC1)CN(C)C1CCS(=O)(=O)C1. The Labute approximate surface area is 124 Å². The monoisotopic (exact) mass is 302 g/mol. The van der Waals surface area contributed by atoms with Crippen molar-refractivity contribution in [2.24, 2.45) is 5.41 Å². The Morgan fingerprint density at radius 1 is 1.20 bits per heavy atom. The molecule has 1 atom stereocenters. The van der Waals surface area contributed by atoms with Crippen LogP contribution < -0.4 is 5.32 Å². The van der Waals surface area contributed by atoms with E-state index in [1.54, 1.807) is 0 Å². The lowest BCUT2D eigenvalue weighted by Gasteiger charge is -2.38. The standard InChI is InChI=1S/C15H30N2O2S/c1-4-15(5-2,11-16-13-6-7-13)12-17(3)14-8-9-20(18,19)10-14/h13-14,16H,4-12H2,1-3H3. The molecule has 20 heavy (non-hydrogen) atoms. The van der Waals surface area contributed by atoms with Crippen molar-refractivity contribution >= 4 is 9.84 Å². The molecule has 0 amide bonds. The lowest BCUT2D eigenvalue weighted by atomic mass is 9.81. The van der Waals surface area contributed by atoms with E-state index in [1.165, 1.54) is 12.8 Å². The largest absolute Gasteiger partial charge is 0.313 e. The minimum absolute atomic E-state index is 0.221. The van der Waals surface area contributed by atoms with Gasteiger partial charge in [0.2, 0.25) is 0 Å². The van der Waals surface area contributed by atoms with Gasteiger partial charge < -0.3 is 10.2 Å². The van der Waals surface area contributed by atoms with Gasteiger partial charge in [0.25, 0.3) is 0 Å². The highest BCUT2D eigenvalue weighted by molar-refractivity contribution is 7.91. The van der Waals surface area contributed by atoms with Crippen molar-refractivity contribution in [2.45, 2.75) is 58.0 Å². The van der Waals surface area contributed by atoms with Crippen LogP contribution in [-0.4, -0.2) is 57.0 Å². The molecule has 1 N–H and O–H groups in total. The van der Waals surface area contributed by atoms with Gasteiger partial charge in [-0.2, -0.15) is 0 Å². The van der Waals surface area contributed by atoms with Gasteiger partial charge >= 0.3 is 0 Å². The van der Waals surface area contributed by atoms with Gasteiger partial charge in [0.15, 0.2) is 9.84 Å². The molecular formula is C15H30N2O2S. The van der Waals surface area contributed by atoms with Gasteiger partial charge in [-0.1, -0.05) is 13.8 Å². The molecular weight excluding hydrogens is 272 g/mol. The maximum Gasteiger partial charge on any atom is 0.151 e. The van der Waals surface area contributed by atoms with Gasteiger partial charge in [0, 0.05) is 25.2 Å². The van der Waals surface area contributed by atoms with E-state index in [0.717, 1.165) is 38.4 Å². The second-order valence-electron chi connectivity index (χ2n) is 6.83. The molecule has 118 valence electrons. The third-order valence-corrected chi connectivity index (χ3v) is 7.01. The summed E-state index contributed by atoms with van der Waals surface area (Å²) in [5.74, 6) is 0.719. The fraction of sp³-hybridized carbons (Fsp3) is 1.00. The average Bonchev–Trinajstić information content (AvgIpc) is 3.17. The summed E-state index contributed by atoms with van der Waals surface area (Å²) in [4.78, 5) is 2.30. The Morgan fingerprint density at radius 2 is 1.85 bits per heavy atom. The van der Waals surface area contributed by atoms with Crippen LogP contribution in [0.3, 0.4) is 0 Å². The molecule has 1 heterocycles. The molecule has 4 nitrogen and oxygen atoms in total. The predicted molar refractivity (Wildman–Crippen MR) is 83.7 cm³/mol. The number of hydrogen-bond acceptors (Lipinski definition) is 4. The van der Waals surface area contributed by atoms with Crippen LogP contribution in [0.5, 0.6) is 0 Å². The van der Waals surface area contributed by atoms with E-state index in [0.29, 0.717) is 11.5 Å². The fourth-order valence-corrected chi connectivity index (χ4v) is 5.01. The van der Waals surface area contributed by atoms with E-state index in [4.69, 9.17) is 0 Å². The van der Waals surface area contributed by atoms with Crippen LogP contribution in [0.25, 0.3) is 0 Å². The topological polar surface area (TPSA) is 49.4 Å². The van der Waals surface area contributed by atoms with Crippen molar-refractivity contribution < 1.29 is 8.42 Å². The molecule has 5 heteroatoms. The quantitative estimate of drug-likeness (QED) is 0.741. The highest BCUT2D eigenvalue weighted by atomic mass is 32.2. The molecule has 1 saturated heterocycles. The maximum atomic E-state index is 11.6. The Bertz CT molecular complexity index is 414. The van der Waals surface area contributed by atoms with Gasteiger partial charge in [-0.25, -0.2) is 8.42 Å². The Balaban J connectivity index is 1.92. The van der Waals surface area contributed by atoms with Gasteiger partial charge in [0.05, 0.1) is 11.5 Å². The van der Waals surface area contributed by atoms with Crippen LogP contribution in [0.1, 0.15) is 46.0 Å². The number of nitrogens with one attached hydrogen (secondary N) is 1. The van der Waals surface area contributed by atoms with Crippen LogP contribution in [0.4, 0.5) is 0 Å². The molecule has 0 bridgehead atoms. The van der Waals surface area contributed by atoms with Crippen LogP contribution in [0.2, 0.25) is 0 Å². The highest BCUT2D eigenvalue weighted by Crippen LogP contribution is 2.30. The van der Waals surface area contributed by atoms with Crippen molar-refractivity contribution in [3.8, 4) is 0 Å². The van der Waals surface area contributed by atoms with Crippen LogP contribution in [0, 0.1) is 5.41 Å². The summed E-state index contributed by atoms with van der Waals surface area (Å²) in [6.07, 6.45) is 5.74. The molecule has 0 aromatic heterocycles. The summed E-state index contributed by atoms with van der Waals surface area (Å²) >= 11 is 0. The van der Waals surface area contributed by atoms with Crippen LogP contribution in [0.15, 0.2) is 0 Å². The molecule has 2 rings (SSSR count). The minimum Gasteiger partial charge on any atom is -0.313 e. The zero-order valence-electron chi connectivity index (χ0n) is 13.2. The lowest BCUT2D eigenvalue weighted by molar-refractivity contribution is 0.129. The summed E-state index contributed by atoms with van der Waals surface area (Å²) in [7, 11) is -0.683. The summed E-state index contributed by atoms with van der Waals surface area (Å²) in [5, 5.41) is 3.67. The maximum absolute atomic E-state index is 11.6. The van der Waals surface area contributed by atoms with Gasteiger partial charge in [-0.05, 0) is 44.6 Å².